The third-order valence-corrected chi connectivity index (χ3v) is 3.62. The largest absolute Gasteiger partial charge is 0.328 e. The molecule has 2 fully saturated rings. The highest BCUT2D eigenvalue weighted by Gasteiger charge is 2.31. The second-order valence-corrected chi connectivity index (χ2v) is 4.95. The molecule has 0 radical (unpaired) electrons. The van der Waals surface area contributed by atoms with Crippen molar-refractivity contribution < 1.29 is 0 Å². The fourth-order valence-electron chi connectivity index (χ4n) is 2.62. The Bertz CT molecular complexity index is 342. The first-order chi connectivity index (χ1) is 7.34. The zero-order valence-electron chi connectivity index (χ0n) is 8.97. The number of rotatable bonds is 2. The van der Waals surface area contributed by atoms with Gasteiger partial charge in [0, 0.05) is 18.0 Å². The molecule has 2 aliphatic rings. The van der Waals surface area contributed by atoms with E-state index < -0.39 is 0 Å². The fraction of sp³-hybridized carbons (Fsp3) is 0.818. The Labute approximate surface area is 89.9 Å². The third-order valence-electron chi connectivity index (χ3n) is 3.62. The number of hydrogen-bond acceptors (Lipinski definition) is 3. The van der Waals surface area contributed by atoms with Crippen LogP contribution in [-0.4, -0.2) is 20.8 Å². The van der Waals surface area contributed by atoms with Crippen molar-refractivity contribution in [2.45, 2.75) is 56.5 Å². The van der Waals surface area contributed by atoms with Crippen LogP contribution in [0.25, 0.3) is 0 Å². The second kappa shape index (κ2) is 3.59. The minimum absolute atomic E-state index is 0.373. The Morgan fingerprint density at radius 2 is 2.13 bits per heavy atom. The Kier molecular flexibility index (Phi) is 2.24. The third kappa shape index (κ3) is 1.78. The van der Waals surface area contributed by atoms with Gasteiger partial charge in [0.05, 0.1) is 0 Å². The highest BCUT2D eigenvalue weighted by Crippen LogP contribution is 2.41. The minimum Gasteiger partial charge on any atom is -0.328 e. The van der Waals surface area contributed by atoms with Crippen molar-refractivity contribution in [1.29, 1.82) is 0 Å². The summed E-state index contributed by atoms with van der Waals surface area (Å²) in [4.78, 5) is 0. The Balaban J connectivity index is 1.81. The Hall–Kier alpha value is -0.900. The smallest absolute Gasteiger partial charge is 0.136 e. The molecule has 0 saturated heterocycles. The van der Waals surface area contributed by atoms with E-state index >= 15 is 0 Å². The van der Waals surface area contributed by atoms with Gasteiger partial charge < -0.3 is 10.3 Å². The van der Waals surface area contributed by atoms with Gasteiger partial charge in [-0.25, -0.2) is 0 Å². The molecule has 1 heterocycles. The van der Waals surface area contributed by atoms with E-state index in [1.54, 1.807) is 0 Å². The molecule has 4 nitrogen and oxygen atoms in total. The summed E-state index contributed by atoms with van der Waals surface area (Å²) in [5.41, 5.74) is 6.02. The van der Waals surface area contributed by atoms with Crippen molar-refractivity contribution in [2.75, 3.05) is 0 Å². The van der Waals surface area contributed by atoms with Gasteiger partial charge in [0.15, 0.2) is 0 Å². The Morgan fingerprint density at radius 1 is 1.27 bits per heavy atom. The van der Waals surface area contributed by atoms with Crippen LogP contribution in [0.1, 0.15) is 56.3 Å². The predicted molar refractivity (Wildman–Crippen MR) is 57.5 cm³/mol. The summed E-state index contributed by atoms with van der Waals surface area (Å²) in [6.45, 7) is 0. The van der Waals surface area contributed by atoms with E-state index in [4.69, 9.17) is 5.73 Å². The molecule has 2 atom stereocenters. The first-order valence-electron chi connectivity index (χ1n) is 5.99. The lowest BCUT2D eigenvalue weighted by molar-refractivity contribution is 0.313. The molecule has 0 bridgehead atoms. The average molecular weight is 206 g/mol. The molecule has 2 saturated carbocycles. The number of nitrogens with zero attached hydrogens (tertiary/aromatic N) is 3. The van der Waals surface area contributed by atoms with E-state index in [1.807, 2.05) is 6.33 Å². The molecule has 1 aromatic rings. The molecule has 1 aromatic heterocycles. The molecule has 15 heavy (non-hydrogen) atoms. The highest BCUT2D eigenvalue weighted by molar-refractivity contribution is 5.06. The molecule has 0 spiro atoms. The average Bonchev–Trinajstić information content (AvgIpc) is 2.96. The van der Waals surface area contributed by atoms with Gasteiger partial charge in [-0.3, -0.25) is 0 Å². The van der Waals surface area contributed by atoms with Crippen molar-refractivity contribution in [3.8, 4) is 0 Å². The van der Waals surface area contributed by atoms with Crippen LogP contribution < -0.4 is 5.73 Å². The summed E-state index contributed by atoms with van der Waals surface area (Å²) >= 11 is 0. The summed E-state index contributed by atoms with van der Waals surface area (Å²) in [5, 5.41) is 8.31. The molecule has 4 heteroatoms. The van der Waals surface area contributed by atoms with Crippen LogP contribution in [0.15, 0.2) is 6.33 Å². The van der Waals surface area contributed by atoms with Gasteiger partial charge in [-0.15, -0.1) is 10.2 Å². The summed E-state index contributed by atoms with van der Waals surface area (Å²) in [6.07, 6.45) is 9.24. The van der Waals surface area contributed by atoms with Gasteiger partial charge in [-0.1, -0.05) is 0 Å². The van der Waals surface area contributed by atoms with Crippen LogP contribution in [0.3, 0.4) is 0 Å². The molecule has 0 aliphatic heterocycles. The van der Waals surface area contributed by atoms with Crippen molar-refractivity contribution in [1.82, 2.24) is 14.8 Å². The summed E-state index contributed by atoms with van der Waals surface area (Å²) in [6, 6.07) is 0.928. The summed E-state index contributed by atoms with van der Waals surface area (Å²) in [5.74, 6) is 1.89. The van der Waals surface area contributed by atoms with Crippen LogP contribution >= 0.6 is 0 Å². The lowest BCUT2D eigenvalue weighted by Gasteiger charge is -2.28. The topological polar surface area (TPSA) is 56.7 Å². The van der Waals surface area contributed by atoms with Crippen molar-refractivity contribution in [2.24, 2.45) is 5.73 Å². The SMILES string of the molecule is N[C@H]1CCC[C@@H](n2cnnc2C2CC2)C1. The quantitative estimate of drug-likeness (QED) is 0.799. The number of aromatic nitrogens is 3. The fourth-order valence-corrected chi connectivity index (χ4v) is 2.62. The highest BCUT2D eigenvalue weighted by atomic mass is 15.3. The first kappa shape index (κ1) is 9.33. The zero-order chi connectivity index (χ0) is 10.3. The lowest BCUT2D eigenvalue weighted by Crippen LogP contribution is -2.29. The maximum absolute atomic E-state index is 6.02. The molecular formula is C11H18N4. The summed E-state index contributed by atoms with van der Waals surface area (Å²) < 4.78 is 2.29. The van der Waals surface area contributed by atoms with E-state index in [9.17, 15) is 0 Å². The van der Waals surface area contributed by atoms with Gasteiger partial charge in [-0.05, 0) is 38.5 Å². The maximum atomic E-state index is 6.02. The van der Waals surface area contributed by atoms with E-state index in [0.29, 0.717) is 18.0 Å². The normalized spacial score (nSPS) is 31.8. The molecule has 0 aromatic carbocycles. The van der Waals surface area contributed by atoms with Crippen molar-refractivity contribution >= 4 is 0 Å². The Morgan fingerprint density at radius 3 is 2.87 bits per heavy atom. The molecule has 0 unspecified atom stereocenters. The standard InChI is InChI=1S/C11H18N4/c12-9-2-1-3-10(6-9)15-7-13-14-11(15)8-4-5-8/h7-10H,1-6,12H2/t9-,10+/m0/s1. The van der Waals surface area contributed by atoms with Crippen LogP contribution in [0.4, 0.5) is 0 Å². The van der Waals surface area contributed by atoms with Gasteiger partial charge >= 0.3 is 0 Å². The van der Waals surface area contributed by atoms with Crippen LogP contribution in [-0.2, 0) is 0 Å². The van der Waals surface area contributed by atoms with Crippen molar-refractivity contribution in [3.63, 3.8) is 0 Å². The van der Waals surface area contributed by atoms with Crippen LogP contribution in [0, 0.1) is 0 Å². The summed E-state index contributed by atoms with van der Waals surface area (Å²) in [7, 11) is 0. The van der Waals surface area contributed by atoms with E-state index in [1.165, 1.54) is 37.9 Å². The second-order valence-electron chi connectivity index (χ2n) is 4.95. The van der Waals surface area contributed by atoms with Crippen LogP contribution in [0.2, 0.25) is 0 Å². The van der Waals surface area contributed by atoms with Crippen molar-refractivity contribution in [3.05, 3.63) is 12.2 Å². The van der Waals surface area contributed by atoms with Gasteiger partial charge in [0.2, 0.25) is 0 Å². The number of nitrogens with two attached hydrogens (primary N) is 1. The van der Waals surface area contributed by atoms with Gasteiger partial charge in [-0.2, -0.15) is 0 Å². The van der Waals surface area contributed by atoms with Crippen LogP contribution in [0.5, 0.6) is 0 Å². The molecule has 2 N–H and O–H groups in total. The molecule has 2 aliphatic carbocycles. The van der Waals surface area contributed by atoms with Gasteiger partial charge in [0.1, 0.15) is 12.2 Å². The molecular weight excluding hydrogens is 188 g/mol. The zero-order valence-corrected chi connectivity index (χ0v) is 8.97. The monoisotopic (exact) mass is 206 g/mol. The molecule has 82 valence electrons. The van der Waals surface area contributed by atoms with E-state index in [2.05, 4.69) is 14.8 Å². The predicted octanol–water partition coefficient (Wildman–Crippen LogP) is 1.60. The first-order valence-corrected chi connectivity index (χ1v) is 5.99. The lowest BCUT2D eigenvalue weighted by atomic mass is 9.91. The molecule has 3 rings (SSSR count). The van der Waals surface area contributed by atoms with E-state index in [-0.39, 0.29) is 0 Å². The minimum atomic E-state index is 0.373. The molecule has 0 amide bonds. The van der Waals surface area contributed by atoms with Gasteiger partial charge in [0.25, 0.3) is 0 Å². The maximum Gasteiger partial charge on any atom is 0.136 e. The van der Waals surface area contributed by atoms with E-state index in [0.717, 1.165) is 6.42 Å². The number of hydrogen-bond donors (Lipinski definition) is 1.